The van der Waals surface area contributed by atoms with Crippen molar-refractivity contribution in [2.24, 2.45) is 0 Å². The average molecular weight is 438 g/mol. The number of pyridine rings is 1. The number of aromatic nitrogens is 1. The standard InChI is InChI=1S/C24H24ClN3O3/c1-14-4-6-17(7-5-14)22-16(3)21(25)19-9-8-18(12-20(19)26-22)23(29)28-11-10-27(24(30)31)13-15(28)2/h4-9,12,15H,10-11,13H2,1-3H3,(H,30,31). The lowest BCUT2D eigenvalue weighted by Gasteiger charge is -2.38. The summed E-state index contributed by atoms with van der Waals surface area (Å²) in [6, 6.07) is 13.3. The van der Waals surface area contributed by atoms with E-state index in [-0.39, 0.29) is 11.9 Å². The number of hydrogen-bond donors (Lipinski definition) is 1. The monoisotopic (exact) mass is 437 g/mol. The van der Waals surface area contributed by atoms with E-state index in [1.165, 1.54) is 10.5 Å². The Morgan fingerprint density at radius 2 is 1.81 bits per heavy atom. The number of fused-ring (bicyclic) bond motifs is 1. The third-order valence-corrected chi connectivity index (χ3v) is 6.37. The minimum Gasteiger partial charge on any atom is -0.465 e. The third-order valence-electron chi connectivity index (χ3n) is 5.88. The molecular weight excluding hydrogens is 414 g/mol. The van der Waals surface area contributed by atoms with E-state index in [9.17, 15) is 14.7 Å². The van der Waals surface area contributed by atoms with E-state index in [2.05, 4.69) is 0 Å². The second-order valence-electron chi connectivity index (χ2n) is 8.07. The Kier molecular flexibility index (Phi) is 5.58. The number of amides is 2. The van der Waals surface area contributed by atoms with E-state index in [1.54, 1.807) is 17.0 Å². The maximum atomic E-state index is 13.2. The highest BCUT2D eigenvalue weighted by atomic mass is 35.5. The number of piperazine rings is 1. The summed E-state index contributed by atoms with van der Waals surface area (Å²) in [5.74, 6) is -0.130. The maximum absolute atomic E-state index is 13.2. The second-order valence-corrected chi connectivity index (χ2v) is 8.45. The molecule has 0 radical (unpaired) electrons. The number of rotatable bonds is 2. The Morgan fingerprint density at radius 3 is 2.45 bits per heavy atom. The van der Waals surface area contributed by atoms with Crippen LogP contribution in [0.15, 0.2) is 42.5 Å². The van der Waals surface area contributed by atoms with Crippen molar-refractivity contribution in [1.82, 2.24) is 14.8 Å². The molecule has 160 valence electrons. The third kappa shape index (κ3) is 3.95. The molecule has 1 aliphatic rings. The van der Waals surface area contributed by atoms with Crippen molar-refractivity contribution < 1.29 is 14.7 Å². The van der Waals surface area contributed by atoms with Crippen LogP contribution in [0.1, 0.15) is 28.4 Å². The van der Waals surface area contributed by atoms with Gasteiger partial charge in [-0.2, -0.15) is 0 Å². The molecule has 1 N–H and O–H groups in total. The van der Waals surface area contributed by atoms with Gasteiger partial charge >= 0.3 is 6.09 Å². The maximum Gasteiger partial charge on any atom is 0.407 e. The predicted molar refractivity (Wildman–Crippen MR) is 122 cm³/mol. The number of carbonyl (C=O) groups is 2. The van der Waals surface area contributed by atoms with Crippen molar-refractivity contribution in [3.63, 3.8) is 0 Å². The lowest BCUT2D eigenvalue weighted by atomic mass is 10.0. The van der Waals surface area contributed by atoms with Gasteiger partial charge in [-0.1, -0.05) is 47.5 Å². The summed E-state index contributed by atoms with van der Waals surface area (Å²) >= 11 is 6.67. The number of benzene rings is 2. The summed E-state index contributed by atoms with van der Waals surface area (Å²) in [4.78, 5) is 32.3. The first-order chi connectivity index (χ1) is 14.8. The van der Waals surface area contributed by atoms with Gasteiger partial charge in [-0.3, -0.25) is 4.79 Å². The lowest BCUT2D eigenvalue weighted by molar-refractivity contribution is 0.0484. The fourth-order valence-corrected chi connectivity index (χ4v) is 4.29. The Bertz CT molecular complexity index is 1180. The van der Waals surface area contributed by atoms with E-state index >= 15 is 0 Å². The summed E-state index contributed by atoms with van der Waals surface area (Å²) in [7, 11) is 0. The van der Waals surface area contributed by atoms with Crippen LogP contribution >= 0.6 is 11.6 Å². The molecule has 1 atom stereocenters. The van der Waals surface area contributed by atoms with Gasteiger partial charge in [0.1, 0.15) is 0 Å². The van der Waals surface area contributed by atoms with Gasteiger partial charge < -0.3 is 14.9 Å². The zero-order chi connectivity index (χ0) is 22.3. The molecule has 4 rings (SSSR count). The first-order valence-corrected chi connectivity index (χ1v) is 10.6. The number of nitrogens with zero attached hydrogens (tertiary/aromatic N) is 3. The first kappa shape index (κ1) is 21.1. The lowest BCUT2D eigenvalue weighted by Crippen LogP contribution is -2.55. The summed E-state index contributed by atoms with van der Waals surface area (Å²) < 4.78 is 0. The van der Waals surface area contributed by atoms with Crippen LogP contribution in [-0.4, -0.2) is 57.6 Å². The Labute approximate surface area is 186 Å². The van der Waals surface area contributed by atoms with Crippen LogP contribution in [0.2, 0.25) is 5.02 Å². The SMILES string of the molecule is Cc1ccc(-c2nc3cc(C(=O)N4CCN(C(=O)O)CC4C)ccc3c(Cl)c2C)cc1. The van der Waals surface area contributed by atoms with Crippen LogP contribution in [0.5, 0.6) is 0 Å². The quantitative estimate of drug-likeness (QED) is 0.612. The van der Waals surface area contributed by atoms with Gasteiger partial charge in [0.05, 0.1) is 16.2 Å². The molecular formula is C24H24ClN3O3. The van der Waals surface area contributed by atoms with Gasteiger partial charge in [-0.15, -0.1) is 0 Å². The van der Waals surface area contributed by atoms with E-state index < -0.39 is 6.09 Å². The molecule has 7 heteroatoms. The molecule has 2 aromatic carbocycles. The zero-order valence-electron chi connectivity index (χ0n) is 17.7. The summed E-state index contributed by atoms with van der Waals surface area (Å²) in [5, 5.41) is 10.6. The molecule has 1 unspecified atom stereocenters. The molecule has 0 aliphatic carbocycles. The summed E-state index contributed by atoms with van der Waals surface area (Å²) in [6.45, 7) is 6.82. The minimum absolute atomic E-state index is 0.130. The van der Waals surface area contributed by atoms with Crippen molar-refractivity contribution in [3.05, 3.63) is 64.2 Å². The predicted octanol–water partition coefficient (Wildman–Crippen LogP) is 5.00. The fraction of sp³-hybridized carbons (Fsp3) is 0.292. The normalized spacial score (nSPS) is 16.6. The number of carbonyl (C=O) groups excluding carboxylic acids is 1. The molecule has 1 saturated heterocycles. The van der Waals surface area contributed by atoms with Gasteiger partial charge in [0.2, 0.25) is 0 Å². The molecule has 2 heterocycles. The van der Waals surface area contributed by atoms with E-state index in [0.29, 0.717) is 35.7 Å². The Balaban J connectivity index is 1.70. The smallest absolute Gasteiger partial charge is 0.407 e. The van der Waals surface area contributed by atoms with Crippen LogP contribution in [0, 0.1) is 13.8 Å². The van der Waals surface area contributed by atoms with Crippen LogP contribution in [-0.2, 0) is 0 Å². The first-order valence-electron chi connectivity index (χ1n) is 10.2. The molecule has 6 nitrogen and oxygen atoms in total. The molecule has 1 aliphatic heterocycles. The van der Waals surface area contributed by atoms with Crippen molar-refractivity contribution in [1.29, 1.82) is 0 Å². The van der Waals surface area contributed by atoms with E-state index in [1.807, 2.05) is 51.1 Å². The summed E-state index contributed by atoms with van der Waals surface area (Å²) in [5.41, 5.74) is 5.01. The molecule has 1 fully saturated rings. The van der Waals surface area contributed by atoms with Crippen molar-refractivity contribution >= 4 is 34.5 Å². The summed E-state index contributed by atoms with van der Waals surface area (Å²) in [6.07, 6.45) is -0.956. The number of halogens is 1. The van der Waals surface area contributed by atoms with Gasteiger partial charge in [-0.05, 0) is 38.5 Å². The number of hydrogen-bond acceptors (Lipinski definition) is 3. The zero-order valence-corrected chi connectivity index (χ0v) is 18.5. The topological polar surface area (TPSA) is 73.7 Å². The highest BCUT2D eigenvalue weighted by Crippen LogP contribution is 2.33. The highest BCUT2D eigenvalue weighted by Gasteiger charge is 2.30. The molecule has 1 aromatic heterocycles. The van der Waals surface area contributed by atoms with Crippen molar-refractivity contribution in [2.45, 2.75) is 26.8 Å². The molecule has 31 heavy (non-hydrogen) atoms. The van der Waals surface area contributed by atoms with Crippen LogP contribution in [0.25, 0.3) is 22.2 Å². The van der Waals surface area contributed by atoms with Crippen LogP contribution in [0.3, 0.4) is 0 Å². The molecule has 0 saturated carbocycles. The molecule has 0 bridgehead atoms. The van der Waals surface area contributed by atoms with Gasteiger partial charge in [0, 0.05) is 42.2 Å². The van der Waals surface area contributed by atoms with Gasteiger partial charge in [-0.25, -0.2) is 9.78 Å². The van der Waals surface area contributed by atoms with Crippen LogP contribution < -0.4 is 0 Å². The number of carboxylic acid groups (broad SMARTS) is 1. The van der Waals surface area contributed by atoms with E-state index in [0.717, 1.165) is 22.2 Å². The van der Waals surface area contributed by atoms with Gasteiger partial charge in [0.15, 0.2) is 0 Å². The average Bonchev–Trinajstić information content (AvgIpc) is 2.76. The Hall–Kier alpha value is -3.12. The number of aryl methyl sites for hydroxylation is 1. The molecule has 3 aromatic rings. The highest BCUT2D eigenvalue weighted by molar-refractivity contribution is 6.36. The molecule has 0 spiro atoms. The van der Waals surface area contributed by atoms with E-state index in [4.69, 9.17) is 16.6 Å². The van der Waals surface area contributed by atoms with Crippen molar-refractivity contribution in [2.75, 3.05) is 19.6 Å². The van der Waals surface area contributed by atoms with Crippen molar-refractivity contribution in [3.8, 4) is 11.3 Å². The minimum atomic E-state index is -0.956. The van der Waals surface area contributed by atoms with Gasteiger partial charge in [0.25, 0.3) is 5.91 Å². The fourth-order valence-electron chi connectivity index (χ4n) is 4.04. The second kappa shape index (κ2) is 8.19. The molecule has 2 amide bonds. The largest absolute Gasteiger partial charge is 0.465 e. The van der Waals surface area contributed by atoms with Crippen LogP contribution in [0.4, 0.5) is 4.79 Å². The Morgan fingerprint density at radius 1 is 1.10 bits per heavy atom.